The van der Waals surface area contributed by atoms with Crippen molar-refractivity contribution in [3.05, 3.63) is 29.8 Å². The zero-order valence-electron chi connectivity index (χ0n) is 11.5. The molecular formula is C16H21N3. The van der Waals surface area contributed by atoms with Crippen LogP contribution in [0.15, 0.2) is 24.3 Å². The van der Waals surface area contributed by atoms with Crippen LogP contribution in [-0.2, 0) is 6.42 Å². The molecule has 3 nitrogen and oxygen atoms in total. The lowest BCUT2D eigenvalue weighted by Crippen LogP contribution is -2.29. The summed E-state index contributed by atoms with van der Waals surface area (Å²) < 4.78 is 0. The molecule has 19 heavy (non-hydrogen) atoms. The predicted octanol–water partition coefficient (Wildman–Crippen LogP) is 3.37. The molecule has 1 saturated heterocycles. The van der Waals surface area contributed by atoms with Crippen molar-refractivity contribution >= 4 is 22.4 Å². The Hall–Kier alpha value is -1.77. The van der Waals surface area contributed by atoms with E-state index in [-0.39, 0.29) is 0 Å². The highest BCUT2D eigenvalue weighted by Gasteiger charge is 2.12. The van der Waals surface area contributed by atoms with E-state index < -0.39 is 0 Å². The molecule has 0 amide bonds. The number of pyridine rings is 1. The van der Waals surface area contributed by atoms with Gasteiger partial charge >= 0.3 is 0 Å². The number of anilines is 2. The number of nitrogens with two attached hydrogens (primary N) is 1. The fraction of sp³-hybridized carbons (Fsp3) is 0.438. The van der Waals surface area contributed by atoms with Crippen molar-refractivity contribution in [2.45, 2.75) is 32.6 Å². The lowest BCUT2D eigenvalue weighted by molar-refractivity contribution is 0.578. The molecule has 1 aromatic heterocycles. The number of rotatable bonds is 2. The van der Waals surface area contributed by atoms with Crippen LogP contribution in [0.4, 0.5) is 11.5 Å². The Labute approximate surface area is 114 Å². The van der Waals surface area contributed by atoms with Crippen LogP contribution in [0.25, 0.3) is 10.9 Å². The number of hydrogen-bond acceptors (Lipinski definition) is 3. The Kier molecular flexibility index (Phi) is 3.28. The Morgan fingerprint density at radius 2 is 1.95 bits per heavy atom. The summed E-state index contributed by atoms with van der Waals surface area (Å²) >= 11 is 0. The van der Waals surface area contributed by atoms with E-state index in [2.05, 4.69) is 41.1 Å². The smallest absolute Gasteiger partial charge is 0.127 e. The van der Waals surface area contributed by atoms with Gasteiger partial charge in [0.25, 0.3) is 0 Å². The summed E-state index contributed by atoms with van der Waals surface area (Å²) in [6, 6.07) is 8.71. The molecule has 2 aromatic rings. The number of aryl methyl sites for hydroxylation is 1. The van der Waals surface area contributed by atoms with Gasteiger partial charge in [-0.3, -0.25) is 0 Å². The fourth-order valence-corrected chi connectivity index (χ4v) is 2.85. The van der Waals surface area contributed by atoms with E-state index in [1.165, 1.54) is 43.4 Å². The molecule has 2 N–H and O–H groups in total. The molecular weight excluding hydrogens is 234 g/mol. The number of piperidine rings is 1. The van der Waals surface area contributed by atoms with Gasteiger partial charge in [-0.05, 0) is 55.5 Å². The maximum absolute atomic E-state index is 5.96. The van der Waals surface area contributed by atoms with Gasteiger partial charge in [0, 0.05) is 24.2 Å². The number of aromatic nitrogens is 1. The third-order valence-corrected chi connectivity index (χ3v) is 4.01. The second-order valence-electron chi connectivity index (χ2n) is 5.31. The minimum absolute atomic E-state index is 0.667. The predicted molar refractivity (Wildman–Crippen MR) is 81.6 cm³/mol. The monoisotopic (exact) mass is 255 g/mol. The highest BCUT2D eigenvalue weighted by Crippen LogP contribution is 2.26. The van der Waals surface area contributed by atoms with Gasteiger partial charge in [0.15, 0.2) is 0 Å². The Morgan fingerprint density at radius 1 is 1.16 bits per heavy atom. The van der Waals surface area contributed by atoms with Crippen LogP contribution in [0.2, 0.25) is 0 Å². The number of hydrogen-bond donors (Lipinski definition) is 1. The summed E-state index contributed by atoms with van der Waals surface area (Å²) in [4.78, 5) is 6.97. The minimum atomic E-state index is 0.667. The standard InChI is InChI=1S/C16H21N3/c1-2-12-10-13-11-14(19-8-4-3-5-9-19)6-7-15(13)18-16(12)17/h6-7,10-11H,2-5,8-9H2,1H3,(H2,17,18). The van der Waals surface area contributed by atoms with E-state index in [9.17, 15) is 0 Å². The molecule has 3 heteroatoms. The highest BCUT2D eigenvalue weighted by molar-refractivity contribution is 5.85. The zero-order valence-corrected chi connectivity index (χ0v) is 11.5. The molecule has 3 rings (SSSR count). The molecule has 0 radical (unpaired) electrons. The second-order valence-corrected chi connectivity index (χ2v) is 5.31. The minimum Gasteiger partial charge on any atom is -0.383 e. The van der Waals surface area contributed by atoms with Crippen molar-refractivity contribution < 1.29 is 0 Å². The summed E-state index contributed by atoms with van der Waals surface area (Å²) in [7, 11) is 0. The van der Waals surface area contributed by atoms with Crippen LogP contribution in [0.5, 0.6) is 0 Å². The average Bonchev–Trinajstić information content (AvgIpc) is 2.47. The Bertz CT molecular complexity index is 586. The average molecular weight is 255 g/mol. The molecule has 1 fully saturated rings. The lowest BCUT2D eigenvalue weighted by atomic mass is 10.1. The first kappa shape index (κ1) is 12.3. The molecule has 0 saturated carbocycles. The van der Waals surface area contributed by atoms with E-state index in [0.717, 1.165) is 17.5 Å². The first-order valence-corrected chi connectivity index (χ1v) is 7.22. The summed E-state index contributed by atoms with van der Waals surface area (Å²) in [5.74, 6) is 0.667. The first-order chi connectivity index (χ1) is 9.28. The fourth-order valence-electron chi connectivity index (χ4n) is 2.85. The molecule has 100 valence electrons. The van der Waals surface area contributed by atoms with Gasteiger partial charge in [0.1, 0.15) is 5.82 Å². The van der Waals surface area contributed by atoms with Gasteiger partial charge in [-0.25, -0.2) is 4.98 Å². The summed E-state index contributed by atoms with van der Waals surface area (Å²) in [5, 5.41) is 1.20. The molecule has 1 aliphatic heterocycles. The summed E-state index contributed by atoms with van der Waals surface area (Å²) in [5.41, 5.74) is 9.41. The van der Waals surface area contributed by atoms with Gasteiger partial charge in [0.05, 0.1) is 5.52 Å². The van der Waals surface area contributed by atoms with Crippen LogP contribution in [0, 0.1) is 0 Å². The van der Waals surface area contributed by atoms with E-state index in [1.807, 2.05) is 0 Å². The van der Waals surface area contributed by atoms with Crippen LogP contribution in [-0.4, -0.2) is 18.1 Å². The summed E-state index contributed by atoms with van der Waals surface area (Å²) in [6.45, 7) is 4.47. The third kappa shape index (κ3) is 2.37. The highest BCUT2D eigenvalue weighted by atomic mass is 15.1. The molecule has 0 unspecified atom stereocenters. The van der Waals surface area contributed by atoms with Gasteiger partial charge in [-0.15, -0.1) is 0 Å². The molecule has 0 aliphatic carbocycles. The lowest BCUT2D eigenvalue weighted by Gasteiger charge is -2.29. The Morgan fingerprint density at radius 3 is 2.68 bits per heavy atom. The molecule has 0 atom stereocenters. The van der Waals surface area contributed by atoms with E-state index in [4.69, 9.17) is 5.73 Å². The maximum Gasteiger partial charge on any atom is 0.127 e. The van der Waals surface area contributed by atoms with Gasteiger partial charge < -0.3 is 10.6 Å². The van der Waals surface area contributed by atoms with Crippen LogP contribution in [0.1, 0.15) is 31.7 Å². The quantitative estimate of drug-likeness (QED) is 0.894. The van der Waals surface area contributed by atoms with Crippen LogP contribution < -0.4 is 10.6 Å². The van der Waals surface area contributed by atoms with Gasteiger partial charge in [-0.1, -0.05) is 6.92 Å². The van der Waals surface area contributed by atoms with E-state index in [0.29, 0.717) is 5.82 Å². The molecule has 0 spiro atoms. The zero-order chi connectivity index (χ0) is 13.2. The van der Waals surface area contributed by atoms with Crippen LogP contribution >= 0.6 is 0 Å². The molecule has 2 heterocycles. The first-order valence-electron chi connectivity index (χ1n) is 7.22. The van der Waals surface area contributed by atoms with Crippen molar-refractivity contribution in [3.8, 4) is 0 Å². The molecule has 0 bridgehead atoms. The van der Waals surface area contributed by atoms with Gasteiger partial charge in [-0.2, -0.15) is 0 Å². The number of fused-ring (bicyclic) bond motifs is 1. The molecule has 1 aromatic carbocycles. The summed E-state index contributed by atoms with van der Waals surface area (Å²) in [6.07, 6.45) is 4.90. The number of nitrogens with zero attached hydrogens (tertiary/aromatic N) is 2. The van der Waals surface area contributed by atoms with Crippen molar-refractivity contribution in [1.82, 2.24) is 4.98 Å². The van der Waals surface area contributed by atoms with Crippen molar-refractivity contribution in [3.63, 3.8) is 0 Å². The van der Waals surface area contributed by atoms with Crippen molar-refractivity contribution in [1.29, 1.82) is 0 Å². The molecule has 1 aliphatic rings. The third-order valence-electron chi connectivity index (χ3n) is 4.01. The van der Waals surface area contributed by atoms with Crippen molar-refractivity contribution in [2.75, 3.05) is 23.7 Å². The normalized spacial score (nSPS) is 15.9. The Balaban J connectivity index is 2.01. The van der Waals surface area contributed by atoms with E-state index >= 15 is 0 Å². The van der Waals surface area contributed by atoms with Gasteiger partial charge in [0.2, 0.25) is 0 Å². The van der Waals surface area contributed by atoms with Crippen molar-refractivity contribution in [2.24, 2.45) is 0 Å². The topological polar surface area (TPSA) is 42.2 Å². The number of benzene rings is 1. The van der Waals surface area contributed by atoms with Crippen LogP contribution in [0.3, 0.4) is 0 Å². The van der Waals surface area contributed by atoms with E-state index in [1.54, 1.807) is 0 Å². The largest absolute Gasteiger partial charge is 0.383 e. The second kappa shape index (κ2) is 5.08. The number of nitrogen functional groups attached to an aromatic ring is 1. The SMILES string of the molecule is CCc1cc2cc(N3CCCCC3)ccc2nc1N. The maximum atomic E-state index is 5.96.